The molecule has 8 nitrogen and oxygen atoms in total. The Labute approximate surface area is 199 Å². The normalized spacial score (nSPS) is 21.8. The Morgan fingerprint density at radius 1 is 1.15 bits per heavy atom. The Morgan fingerprint density at radius 2 is 1.73 bits per heavy atom. The smallest absolute Gasteiger partial charge is 0.120 e. The van der Waals surface area contributed by atoms with Crippen molar-refractivity contribution in [2.45, 2.75) is 45.7 Å². The third kappa shape index (κ3) is 7.46. The molecule has 0 saturated carbocycles. The average Bonchev–Trinajstić information content (AvgIpc) is 3.01. The van der Waals surface area contributed by atoms with Crippen LogP contribution in [0.4, 0.5) is 0 Å². The van der Waals surface area contributed by atoms with Gasteiger partial charge in [0, 0.05) is 63.3 Å². The highest BCUT2D eigenvalue weighted by atomic mass is 16.3. The van der Waals surface area contributed by atoms with Gasteiger partial charge in [-0.1, -0.05) is 26.5 Å². The number of aliphatic hydroxyl groups excluding tert-OH is 1. The van der Waals surface area contributed by atoms with Crippen LogP contribution in [0.3, 0.4) is 0 Å². The predicted molar refractivity (Wildman–Crippen MR) is 140 cm³/mol. The first-order valence-electron chi connectivity index (χ1n) is 11.5. The highest BCUT2D eigenvalue weighted by Gasteiger charge is 2.40. The van der Waals surface area contributed by atoms with Gasteiger partial charge in [-0.15, -0.1) is 0 Å². The van der Waals surface area contributed by atoms with E-state index in [2.05, 4.69) is 28.1 Å². The number of hydrogen-bond donors (Lipinski definition) is 4. The number of aliphatic hydroxyl groups is 1. The topological polar surface area (TPSA) is 120 Å². The van der Waals surface area contributed by atoms with Gasteiger partial charge >= 0.3 is 0 Å². The van der Waals surface area contributed by atoms with E-state index >= 15 is 0 Å². The average molecular weight is 458 g/mol. The summed E-state index contributed by atoms with van der Waals surface area (Å²) in [4.78, 5) is 10.9. The summed E-state index contributed by atoms with van der Waals surface area (Å²) in [6.07, 6.45) is 10.8. The second-order valence-electron chi connectivity index (χ2n) is 8.13. The van der Waals surface area contributed by atoms with Gasteiger partial charge in [-0.3, -0.25) is 9.89 Å². The Balaban J connectivity index is 0.00000265. The van der Waals surface area contributed by atoms with Crippen LogP contribution in [-0.2, 0) is 0 Å². The molecular weight excluding hydrogens is 414 g/mol. The van der Waals surface area contributed by atoms with Crippen LogP contribution in [0.2, 0.25) is 0 Å². The first-order valence-corrected chi connectivity index (χ1v) is 11.5. The molecule has 0 amide bonds. The molecule has 8 heteroatoms. The minimum Gasteiger partial charge on any atom is -0.508 e. The van der Waals surface area contributed by atoms with Gasteiger partial charge in [-0.05, 0) is 44.7 Å². The van der Waals surface area contributed by atoms with Crippen LogP contribution >= 0.6 is 0 Å². The summed E-state index contributed by atoms with van der Waals surface area (Å²) in [5.41, 5.74) is 20.9. The molecule has 2 bridgehead atoms. The third-order valence-electron chi connectivity index (χ3n) is 5.66. The van der Waals surface area contributed by atoms with E-state index in [0.717, 1.165) is 38.2 Å². The molecule has 2 saturated heterocycles. The summed E-state index contributed by atoms with van der Waals surface area (Å²) in [6, 6.07) is 0.726. The maximum absolute atomic E-state index is 10.2. The molecule has 0 spiro atoms. The molecule has 0 aromatic rings. The molecule has 33 heavy (non-hydrogen) atoms. The predicted octanol–water partition coefficient (Wildman–Crippen LogP) is 2.77. The van der Waals surface area contributed by atoms with Crippen LogP contribution in [0.15, 0.2) is 76.3 Å². The van der Waals surface area contributed by atoms with E-state index in [-0.39, 0.29) is 11.6 Å². The molecule has 2 aliphatic heterocycles. The van der Waals surface area contributed by atoms with Gasteiger partial charge < -0.3 is 32.1 Å². The molecule has 0 radical (unpaired) electrons. The SMILES string of the molecule is C=C/C=C(C(/N)=C/C(=C(N)N)N1CC2CCC(C1)N2C/C(=C/N(C)C)N=C)\C(O)=C/C.CC. The molecule has 2 heterocycles. The Morgan fingerprint density at radius 3 is 2.15 bits per heavy atom. The molecule has 7 N–H and O–H groups in total. The highest BCUT2D eigenvalue weighted by molar-refractivity contribution is 5.46. The second kappa shape index (κ2) is 13.4. The van der Waals surface area contributed by atoms with E-state index in [4.69, 9.17) is 17.2 Å². The lowest BCUT2D eigenvalue weighted by atomic mass is 10.1. The van der Waals surface area contributed by atoms with Gasteiger partial charge in [-0.25, -0.2) is 0 Å². The number of hydrogen-bond acceptors (Lipinski definition) is 8. The summed E-state index contributed by atoms with van der Waals surface area (Å²) >= 11 is 0. The van der Waals surface area contributed by atoms with Crippen molar-refractivity contribution in [1.29, 1.82) is 0 Å². The number of likely N-dealkylation sites (tertiary alicyclic amines) is 1. The van der Waals surface area contributed by atoms with Gasteiger partial charge in [0.1, 0.15) is 11.6 Å². The fraction of sp³-hybridized carbons (Fsp3) is 0.480. The van der Waals surface area contributed by atoms with Crippen molar-refractivity contribution >= 4 is 6.72 Å². The Hall–Kier alpha value is -3.13. The summed E-state index contributed by atoms with van der Waals surface area (Å²) in [7, 11) is 3.96. The summed E-state index contributed by atoms with van der Waals surface area (Å²) in [5.74, 6) is 0.278. The lowest BCUT2D eigenvalue weighted by molar-refractivity contribution is 0.0964. The molecule has 2 rings (SSSR count). The fourth-order valence-corrected chi connectivity index (χ4v) is 4.25. The molecule has 0 aliphatic carbocycles. The lowest BCUT2D eigenvalue weighted by Gasteiger charge is -2.42. The van der Waals surface area contributed by atoms with Gasteiger partial charge in [-0.2, -0.15) is 0 Å². The first-order chi connectivity index (χ1) is 15.7. The summed E-state index contributed by atoms with van der Waals surface area (Å²) < 4.78 is 0. The van der Waals surface area contributed by atoms with Crippen LogP contribution in [0.1, 0.15) is 33.6 Å². The number of nitrogens with two attached hydrogens (primary N) is 3. The van der Waals surface area contributed by atoms with Crippen molar-refractivity contribution in [1.82, 2.24) is 14.7 Å². The fourth-order valence-electron chi connectivity index (χ4n) is 4.25. The van der Waals surface area contributed by atoms with E-state index in [0.29, 0.717) is 29.1 Å². The van der Waals surface area contributed by atoms with Crippen molar-refractivity contribution in [3.05, 3.63) is 71.3 Å². The summed E-state index contributed by atoms with van der Waals surface area (Å²) in [5, 5.41) is 10.2. The minimum absolute atomic E-state index is 0.0746. The van der Waals surface area contributed by atoms with E-state index in [1.54, 1.807) is 31.2 Å². The molecule has 2 fully saturated rings. The monoisotopic (exact) mass is 457 g/mol. The van der Waals surface area contributed by atoms with Crippen molar-refractivity contribution in [2.24, 2.45) is 22.2 Å². The number of nitrogens with zero attached hydrogens (tertiary/aromatic N) is 4. The molecular formula is C25H43N7O. The van der Waals surface area contributed by atoms with Gasteiger partial charge in [0.25, 0.3) is 0 Å². The Kier molecular flexibility index (Phi) is 11.4. The van der Waals surface area contributed by atoms with E-state index < -0.39 is 0 Å². The molecule has 2 unspecified atom stereocenters. The maximum Gasteiger partial charge on any atom is 0.120 e. The standard InChI is InChI=1S/C23H37N7O.C2H6/c1-6-8-19(22(31)7-2)20(24)11-21(23(25)26)29-14-17-9-10-18(15-29)30(17)13-16(27-3)12-28(4)5;1-2/h6-8,11-12,17-18,31H,1,3,9-10,13-15,24-26H2,2,4-5H3;1-2H3/b16-12-,19-8-,20-11-,22-7+;. The van der Waals surface area contributed by atoms with Crippen LogP contribution < -0.4 is 17.2 Å². The quantitative estimate of drug-likeness (QED) is 0.239. The van der Waals surface area contributed by atoms with Gasteiger partial charge in [0.05, 0.1) is 11.4 Å². The van der Waals surface area contributed by atoms with Crippen molar-refractivity contribution in [2.75, 3.05) is 33.7 Å². The van der Waals surface area contributed by atoms with E-state index in [1.165, 1.54) is 0 Å². The molecule has 2 aliphatic rings. The second-order valence-corrected chi connectivity index (χ2v) is 8.13. The first kappa shape index (κ1) is 27.9. The molecule has 0 aromatic heterocycles. The van der Waals surface area contributed by atoms with Gasteiger partial charge in [0.2, 0.25) is 0 Å². The van der Waals surface area contributed by atoms with Crippen LogP contribution in [0.25, 0.3) is 0 Å². The van der Waals surface area contributed by atoms with Gasteiger partial charge in [0.15, 0.2) is 0 Å². The number of rotatable bonds is 9. The number of allylic oxidation sites excluding steroid dienone is 4. The zero-order valence-corrected chi connectivity index (χ0v) is 21.0. The minimum atomic E-state index is 0.0746. The van der Waals surface area contributed by atoms with Crippen LogP contribution in [0.5, 0.6) is 0 Å². The van der Waals surface area contributed by atoms with Crippen LogP contribution in [0, 0.1) is 0 Å². The third-order valence-corrected chi connectivity index (χ3v) is 5.66. The van der Waals surface area contributed by atoms with Crippen molar-refractivity contribution in [3.63, 3.8) is 0 Å². The highest BCUT2D eigenvalue weighted by Crippen LogP contribution is 2.33. The maximum atomic E-state index is 10.2. The molecule has 0 aromatic carbocycles. The lowest BCUT2D eigenvalue weighted by Crippen LogP contribution is -2.54. The number of piperazine rings is 1. The zero-order valence-electron chi connectivity index (χ0n) is 21.0. The number of aliphatic imine (C=N–C) groups is 1. The van der Waals surface area contributed by atoms with Crippen LogP contribution in [-0.4, -0.2) is 72.3 Å². The van der Waals surface area contributed by atoms with E-state index in [1.807, 2.05) is 39.0 Å². The summed E-state index contributed by atoms with van der Waals surface area (Å²) in [6.45, 7) is 15.5. The zero-order chi connectivity index (χ0) is 25.1. The van der Waals surface area contributed by atoms with Crippen molar-refractivity contribution < 1.29 is 5.11 Å². The molecule has 2 atom stereocenters. The number of fused-ring (bicyclic) bond motifs is 2. The van der Waals surface area contributed by atoms with E-state index in [9.17, 15) is 5.11 Å². The Bertz CT molecular complexity index is 818. The largest absolute Gasteiger partial charge is 0.508 e. The molecule has 184 valence electrons. The van der Waals surface area contributed by atoms with Crippen molar-refractivity contribution in [3.8, 4) is 0 Å².